The summed E-state index contributed by atoms with van der Waals surface area (Å²) in [5.74, 6) is 0.560. The zero-order chi connectivity index (χ0) is 22.8. The Hall–Kier alpha value is -3.28. The van der Waals surface area contributed by atoms with Gasteiger partial charge in [-0.1, -0.05) is 51.1 Å². The molecule has 2 aromatic carbocycles. The summed E-state index contributed by atoms with van der Waals surface area (Å²) in [6.07, 6.45) is 0.112. The Morgan fingerprint density at radius 2 is 1.58 bits per heavy atom. The van der Waals surface area contributed by atoms with E-state index in [-0.39, 0.29) is 16.5 Å². The van der Waals surface area contributed by atoms with Crippen molar-refractivity contribution in [1.82, 2.24) is 4.98 Å². The van der Waals surface area contributed by atoms with Crippen LogP contribution in [0.2, 0.25) is 0 Å². The molecule has 0 bridgehead atoms. The van der Waals surface area contributed by atoms with Crippen molar-refractivity contribution >= 4 is 12.2 Å². The summed E-state index contributed by atoms with van der Waals surface area (Å²) in [6.45, 7) is 6.03. The van der Waals surface area contributed by atoms with Crippen LogP contribution in [0.5, 0.6) is 5.75 Å². The number of ether oxygens (including phenoxy) is 1. The van der Waals surface area contributed by atoms with Crippen molar-refractivity contribution in [2.75, 3.05) is 7.11 Å². The average Bonchev–Trinajstić information content (AvgIpc) is 2.70. The first kappa shape index (κ1) is 22.4. The minimum Gasteiger partial charge on any atom is -0.496 e. The number of aromatic nitrogens is 1. The summed E-state index contributed by atoms with van der Waals surface area (Å²) in [5, 5.41) is 0. The maximum atomic E-state index is 13.4. The van der Waals surface area contributed by atoms with Gasteiger partial charge in [-0.3, -0.25) is 4.79 Å². The number of H-pyrrole nitrogens is 1. The average molecular weight is 427 g/mol. The van der Waals surface area contributed by atoms with Crippen molar-refractivity contribution in [3.05, 3.63) is 87.3 Å². The fraction of sp³-hybridized carbons (Fsp3) is 0.240. The molecule has 3 nitrogen and oxygen atoms in total. The molecule has 0 fully saturated rings. The molecule has 1 heterocycles. The third-order valence-corrected chi connectivity index (χ3v) is 4.97. The Labute approximate surface area is 179 Å². The van der Waals surface area contributed by atoms with E-state index in [2.05, 4.69) is 4.98 Å². The second kappa shape index (κ2) is 8.46. The van der Waals surface area contributed by atoms with E-state index in [1.807, 2.05) is 26.8 Å². The number of alkyl halides is 3. The standard InChI is InChI=1S/C25H24F3NO2/c1-24(2,3)21-15-18(19-9-7-13-29-23(19)30)14-17(22(21)31-4)12-11-16-8-5-6-10-20(16)25(26,27)28/h5-15H,1-4H3,(H,29,30). The van der Waals surface area contributed by atoms with Crippen LogP contribution in [-0.4, -0.2) is 12.1 Å². The predicted molar refractivity (Wildman–Crippen MR) is 118 cm³/mol. The van der Waals surface area contributed by atoms with E-state index in [0.717, 1.165) is 11.6 Å². The maximum Gasteiger partial charge on any atom is 0.416 e. The van der Waals surface area contributed by atoms with Crippen molar-refractivity contribution in [3.63, 3.8) is 0 Å². The van der Waals surface area contributed by atoms with E-state index in [0.29, 0.717) is 22.4 Å². The molecule has 0 spiro atoms. The van der Waals surface area contributed by atoms with E-state index in [4.69, 9.17) is 4.74 Å². The first-order valence-corrected chi connectivity index (χ1v) is 9.77. The molecule has 0 amide bonds. The van der Waals surface area contributed by atoms with Crippen LogP contribution in [0.15, 0.2) is 59.5 Å². The van der Waals surface area contributed by atoms with Crippen molar-refractivity contribution in [1.29, 1.82) is 0 Å². The summed E-state index contributed by atoms with van der Waals surface area (Å²) in [4.78, 5) is 15.0. The van der Waals surface area contributed by atoms with Crippen LogP contribution in [-0.2, 0) is 11.6 Å². The minimum atomic E-state index is -4.46. The minimum absolute atomic E-state index is 0.0531. The first-order chi connectivity index (χ1) is 14.5. The molecule has 0 unspecified atom stereocenters. The van der Waals surface area contributed by atoms with Crippen molar-refractivity contribution in [3.8, 4) is 16.9 Å². The summed E-state index contributed by atoms with van der Waals surface area (Å²) in [7, 11) is 1.53. The molecule has 162 valence electrons. The van der Waals surface area contributed by atoms with Gasteiger partial charge in [0.2, 0.25) is 0 Å². The third kappa shape index (κ3) is 4.90. The van der Waals surface area contributed by atoms with Crippen molar-refractivity contribution in [2.24, 2.45) is 0 Å². The zero-order valence-corrected chi connectivity index (χ0v) is 17.8. The number of nitrogens with one attached hydrogen (secondary N) is 1. The summed E-state index contributed by atoms with van der Waals surface area (Å²) >= 11 is 0. The molecule has 0 radical (unpaired) electrons. The second-order valence-electron chi connectivity index (χ2n) is 8.23. The van der Waals surface area contributed by atoms with Gasteiger partial charge in [0, 0.05) is 22.9 Å². The van der Waals surface area contributed by atoms with Gasteiger partial charge < -0.3 is 9.72 Å². The zero-order valence-electron chi connectivity index (χ0n) is 17.8. The number of aromatic amines is 1. The lowest BCUT2D eigenvalue weighted by atomic mass is 9.83. The number of benzene rings is 2. The Morgan fingerprint density at radius 1 is 0.903 bits per heavy atom. The highest BCUT2D eigenvalue weighted by Gasteiger charge is 2.32. The third-order valence-electron chi connectivity index (χ3n) is 4.97. The van der Waals surface area contributed by atoms with Crippen molar-refractivity contribution < 1.29 is 17.9 Å². The van der Waals surface area contributed by atoms with Crippen LogP contribution in [0, 0.1) is 0 Å². The predicted octanol–water partition coefficient (Wildman–Crippen LogP) is 6.54. The lowest BCUT2D eigenvalue weighted by Gasteiger charge is -2.24. The van der Waals surface area contributed by atoms with Crippen molar-refractivity contribution in [2.45, 2.75) is 32.4 Å². The van der Waals surface area contributed by atoms with Gasteiger partial charge in [-0.15, -0.1) is 0 Å². The molecule has 0 aliphatic rings. The van der Waals surface area contributed by atoms with Gasteiger partial charge >= 0.3 is 6.18 Å². The molecule has 0 saturated carbocycles. The molecule has 1 N–H and O–H groups in total. The number of pyridine rings is 1. The smallest absolute Gasteiger partial charge is 0.416 e. The molecule has 0 saturated heterocycles. The summed E-state index contributed by atoms with van der Waals surface area (Å²) in [5.41, 5.74) is 1.34. The topological polar surface area (TPSA) is 42.1 Å². The van der Waals surface area contributed by atoms with Crippen LogP contribution in [0.3, 0.4) is 0 Å². The van der Waals surface area contributed by atoms with Gasteiger partial charge in [-0.05, 0) is 46.9 Å². The number of rotatable bonds is 4. The number of halogens is 3. The molecule has 0 atom stereocenters. The van der Waals surface area contributed by atoms with E-state index >= 15 is 0 Å². The van der Waals surface area contributed by atoms with Crippen LogP contribution >= 0.6 is 0 Å². The van der Waals surface area contributed by atoms with Crippen LogP contribution < -0.4 is 10.3 Å². The first-order valence-electron chi connectivity index (χ1n) is 9.77. The van der Waals surface area contributed by atoms with Gasteiger partial charge in [-0.2, -0.15) is 13.2 Å². The molecular formula is C25H24F3NO2. The van der Waals surface area contributed by atoms with Gasteiger partial charge in [0.25, 0.3) is 5.56 Å². The molecule has 31 heavy (non-hydrogen) atoms. The van der Waals surface area contributed by atoms with Gasteiger partial charge in [0.15, 0.2) is 0 Å². The Bertz CT molecular complexity index is 1170. The normalized spacial score (nSPS) is 12.4. The summed E-state index contributed by atoms with van der Waals surface area (Å²) in [6, 6.07) is 12.5. The fourth-order valence-corrected chi connectivity index (χ4v) is 3.44. The molecule has 0 aliphatic heterocycles. The lowest BCUT2D eigenvalue weighted by Crippen LogP contribution is -2.15. The van der Waals surface area contributed by atoms with E-state index in [1.165, 1.54) is 25.3 Å². The largest absolute Gasteiger partial charge is 0.496 e. The van der Waals surface area contributed by atoms with E-state index in [1.54, 1.807) is 36.5 Å². The highest BCUT2D eigenvalue weighted by Crippen LogP contribution is 2.39. The van der Waals surface area contributed by atoms with Crippen LogP contribution in [0.25, 0.3) is 23.3 Å². The molecular weight excluding hydrogens is 403 g/mol. The Kier molecular flexibility index (Phi) is 6.11. The molecule has 1 aromatic heterocycles. The van der Waals surface area contributed by atoms with Gasteiger partial charge in [0.1, 0.15) is 5.75 Å². The van der Waals surface area contributed by atoms with Gasteiger partial charge in [0.05, 0.1) is 12.7 Å². The Balaban J connectivity index is 2.23. The fourth-order valence-electron chi connectivity index (χ4n) is 3.44. The summed E-state index contributed by atoms with van der Waals surface area (Å²) < 4.78 is 45.8. The molecule has 3 rings (SSSR count). The number of methoxy groups -OCH3 is 1. The monoisotopic (exact) mass is 427 g/mol. The SMILES string of the molecule is COc1c(C=Cc2ccccc2C(F)(F)F)cc(-c2ccc[nH]c2=O)cc1C(C)(C)C. The molecule has 0 aliphatic carbocycles. The molecule has 3 aromatic rings. The van der Waals surface area contributed by atoms with E-state index < -0.39 is 11.7 Å². The maximum absolute atomic E-state index is 13.4. The highest BCUT2D eigenvalue weighted by atomic mass is 19.4. The lowest BCUT2D eigenvalue weighted by molar-refractivity contribution is -0.137. The van der Waals surface area contributed by atoms with Gasteiger partial charge in [-0.25, -0.2) is 0 Å². The quantitative estimate of drug-likeness (QED) is 0.481. The second-order valence-corrected chi connectivity index (χ2v) is 8.23. The highest BCUT2D eigenvalue weighted by molar-refractivity contribution is 5.79. The van der Waals surface area contributed by atoms with Crippen LogP contribution in [0.1, 0.15) is 43.0 Å². The number of hydrogen-bond donors (Lipinski definition) is 1. The molecule has 6 heteroatoms. The van der Waals surface area contributed by atoms with E-state index in [9.17, 15) is 18.0 Å². The number of hydrogen-bond acceptors (Lipinski definition) is 2. The van der Waals surface area contributed by atoms with Crippen LogP contribution in [0.4, 0.5) is 13.2 Å². The Morgan fingerprint density at radius 3 is 2.19 bits per heavy atom.